The summed E-state index contributed by atoms with van der Waals surface area (Å²) in [6.07, 6.45) is 0.357. The molecule has 1 aliphatic rings. The third kappa shape index (κ3) is 3.67. The van der Waals surface area contributed by atoms with Gasteiger partial charge in [0.05, 0.1) is 11.0 Å². The minimum Gasteiger partial charge on any atom is -0.354 e. The molecular formula is C16H20N4O2S. The highest BCUT2D eigenvalue weighted by molar-refractivity contribution is 8.13. The average molecular weight is 332 g/mol. The Balaban J connectivity index is 1.47. The monoisotopic (exact) mass is 332 g/mol. The summed E-state index contributed by atoms with van der Waals surface area (Å²) in [7, 11) is 0. The lowest BCUT2D eigenvalue weighted by molar-refractivity contribution is -0.121. The summed E-state index contributed by atoms with van der Waals surface area (Å²) < 4.78 is 2.11. The van der Waals surface area contributed by atoms with Crippen molar-refractivity contribution in [2.45, 2.75) is 19.9 Å². The van der Waals surface area contributed by atoms with Gasteiger partial charge in [0, 0.05) is 38.4 Å². The van der Waals surface area contributed by atoms with Crippen molar-refractivity contribution in [3.05, 3.63) is 30.1 Å². The van der Waals surface area contributed by atoms with E-state index in [0.717, 1.165) is 29.2 Å². The van der Waals surface area contributed by atoms with Crippen LogP contribution in [0.4, 0.5) is 4.79 Å². The van der Waals surface area contributed by atoms with Gasteiger partial charge in [-0.3, -0.25) is 9.59 Å². The van der Waals surface area contributed by atoms with Crippen LogP contribution in [-0.2, 0) is 11.3 Å². The lowest BCUT2D eigenvalue weighted by Gasteiger charge is -2.14. The van der Waals surface area contributed by atoms with Crippen LogP contribution < -0.4 is 5.32 Å². The van der Waals surface area contributed by atoms with Gasteiger partial charge in [0.1, 0.15) is 5.82 Å². The van der Waals surface area contributed by atoms with E-state index >= 15 is 0 Å². The summed E-state index contributed by atoms with van der Waals surface area (Å²) in [5.41, 5.74) is 2.06. The van der Waals surface area contributed by atoms with Crippen LogP contribution >= 0.6 is 11.8 Å². The Morgan fingerprint density at radius 1 is 1.35 bits per heavy atom. The Bertz CT molecular complexity index is 728. The van der Waals surface area contributed by atoms with Gasteiger partial charge in [-0.15, -0.1) is 0 Å². The number of para-hydroxylation sites is 2. The maximum Gasteiger partial charge on any atom is 0.281 e. The number of aryl methyl sites for hydroxylation is 1. The van der Waals surface area contributed by atoms with E-state index in [1.165, 1.54) is 11.8 Å². The van der Waals surface area contributed by atoms with Gasteiger partial charge in [-0.2, -0.15) is 0 Å². The molecule has 0 aliphatic carbocycles. The fourth-order valence-corrected chi connectivity index (χ4v) is 3.59. The highest BCUT2D eigenvalue weighted by Crippen LogP contribution is 2.17. The van der Waals surface area contributed by atoms with E-state index in [-0.39, 0.29) is 11.1 Å². The summed E-state index contributed by atoms with van der Waals surface area (Å²) in [4.78, 5) is 29.6. The number of hydrogen-bond acceptors (Lipinski definition) is 4. The van der Waals surface area contributed by atoms with Gasteiger partial charge in [-0.1, -0.05) is 23.9 Å². The maximum atomic E-state index is 11.9. The molecule has 2 aromatic rings. The number of rotatable bonds is 6. The molecule has 1 aromatic carbocycles. The van der Waals surface area contributed by atoms with E-state index in [9.17, 15) is 9.59 Å². The number of thioether (sulfide) groups is 1. The molecule has 1 aliphatic heterocycles. The molecule has 2 amide bonds. The number of carbonyl (C=O) groups is 2. The molecule has 6 nitrogen and oxygen atoms in total. The topological polar surface area (TPSA) is 67.2 Å². The molecule has 0 radical (unpaired) electrons. The molecule has 1 fully saturated rings. The zero-order chi connectivity index (χ0) is 16.2. The Labute approximate surface area is 139 Å². The molecule has 0 atom stereocenters. The predicted molar refractivity (Wildman–Crippen MR) is 91.5 cm³/mol. The van der Waals surface area contributed by atoms with Crippen molar-refractivity contribution in [1.29, 1.82) is 0 Å². The summed E-state index contributed by atoms with van der Waals surface area (Å²) in [5, 5.41) is 3.00. The van der Waals surface area contributed by atoms with Gasteiger partial charge in [0.15, 0.2) is 0 Å². The summed E-state index contributed by atoms with van der Waals surface area (Å²) in [6.45, 7) is 4.47. The number of aromatic nitrogens is 2. The minimum atomic E-state index is -0.0169. The van der Waals surface area contributed by atoms with Crippen LogP contribution in [0.1, 0.15) is 12.2 Å². The Hall–Kier alpha value is -2.02. The summed E-state index contributed by atoms with van der Waals surface area (Å²) >= 11 is 1.32. The van der Waals surface area contributed by atoms with Crippen molar-refractivity contribution < 1.29 is 9.59 Å². The molecule has 0 saturated carbocycles. The maximum absolute atomic E-state index is 11.9. The zero-order valence-electron chi connectivity index (χ0n) is 13.1. The van der Waals surface area contributed by atoms with E-state index in [0.29, 0.717) is 26.1 Å². The highest BCUT2D eigenvalue weighted by Gasteiger charge is 2.21. The van der Waals surface area contributed by atoms with Gasteiger partial charge < -0.3 is 14.8 Å². The average Bonchev–Trinajstić information content (AvgIpc) is 3.09. The van der Waals surface area contributed by atoms with E-state index in [4.69, 9.17) is 0 Å². The quantitative estimate of drug-likeness (QED) is 0.879. The van der Waals surface area contributed by atoms with Crippen molar-refractivity contribution >= 4 is 33.9 Å². The van der Waals surface area contributed by atoms with E-state index in [1.807, 2.05) is 31.2 Å². The van der Waals surface area contributed by atoms with Crippen molar-refractivity contribution in [3.63, 3.8) is 0 Å². The number of benzene rings is 1. The SMILES string of the molecule is Cc1nc2ccccc2n1CCNC(=O)CCN1CCSC1=O. The molecule has 0 spiro atoms. The van der Waals surface area contributed by atoms with Crippen LogP contribution in [0.5, 0.6) is 0 Å². The fraction of sp³-hybridized carbons (Fsp3) is 0.438. The molecule has 0 bridgehead atoms. The third-order valence-corrected chi connectivity index (χ3v) is 4.85. The third-order valence-electron chi connectivity index (χ3n) is 3.96. The molecule has 122 valence electrons. The normalized spacial score (nSPS) is 14.7. The predicted octanol–water partition coefficient (Wildman–Crippen LogP) is 2.02. The second-order valence-corrected chi connectivity index (χ2v) is 6.55. The zero-order valence-corrected chi connectivity index (χ0v) is 13.9. The first-order valence-electron chi connectivity index (χ1n) is 7.75. The first kappa shape index (κ1) is 15.9. The molecular weight excluding hydrogens is 312 g/mol. The molecule has 7 heteroatoms. The first-order chi connectivity index (χ1) is 11.1. The van der Waals surface area contributed by atoms with Crippen LogP contribution in [-0.4, -0.2) is 51.0 Å². The van der Waals surface area contributed by atoms with Gasteiger partial charge in [0.2, 0.25) is 5.91 Å². The molecule has 0 unspecified atom stereocenters. The summed E-state index contributed by atoms with van der Waals surface area (Å²) in [5.74, 6) is 1.75. The molecule has 2 heterocycles. The number of imidazole rings is 1. The minimum absolute atomic E-state index is 0.0169. The number of fused-ring (bicyclic) bond motifs is 1. The smallest absolute Gasteiger partial charge is 0.281 e. The number of carbonyl (C=O) groups excluding carboxylic acids is 2. The van der Waals surface area contributed by atoms with Crippen LogP contribution in [0.2, 0.25) is 0 Å². The first-order valence-corrected chi connectivity index (χ1v) is 8.74. The van der Waals surface area contributed by atoms with Crippen molar-refractivity contribution in [2.24, 2.45) is 0 Å². The number of nitrogens with zero attached hydrogens (tertiary/aromatic N) is 3. The van der Waals surface area contributed by atoms with Crippen molar-refractivity contribution in [2.75, 3.05) is 25.4 Å². The number of nitrogens with one attached hydrogen (secondary N) is 1. The Morgan fingerprint density at radius 2 is 2.17 bits per heavy atom. The van der Waals surface area contributed by atoms with E-state index in [2.05, 4.69) is 14.9 Å². The lowest BCUT2D eigenvalue weighted by atomic mass is 10.3. The van der Waals surface area contributed by atoms with Gasteiger partial charge in [0.25, 0.3) is 5.24 Å². The van der Waals surface area contributed by atoms with Crippen LogP contribution in [0.15, 0.2) is 24.3 Å². The van der Waals surface area contributed by atoms with Gasteiger partial charge >= 0.3 is 0 Å². The largest absolute Gasteiger partial charge is 0.354 e. The van der Waals surface area contributed by atoms with Crippen molar-refractivity contribution in [1.82, 2.24) is 19.8 Å². The number of hydrogen-bond donors (Lipinski definition) is 1. The highest BCUT2D eigenvalue weighted by atomic mass is 32.2. The molecule has 1 aromatic heterocycles. The number of amides is 2. The standard InChI is InChI=1S/C16H20N4O2S/c1-12-18-13-4-2-3-5-14(13)20(12)9-7-17-15(21)6-8-19-10-11-23-16(19)22/h2-5H,6-11H2,1H3,(H,17,21). The Kier molecular flexibility index (Phi) is 4.85. The second-order valence-electron chi connectivity index (χ2n) is 5.50. The fourth-order valence-electron chi connectivity index (χ4n) is 2.74. The molecule has 23 heavy (non-hydrogen) atoms. The Morgan fingerprint density at radius 3 is 2.96 bits per heavy atom. The van der Waals surface area contributed by atoms with Crippen molar-refractivity contribution in [3.8, 4) is 0 Å². The van der Waals surface area contributed by atoms with E-state index in [1.54, 1.807) is 4.90 Å². The molecule has 3 rings (SSSR count). The molecule has 1 N–H and O–H groups in total. The van der Waals surface area contributed by atoms with Crippen LogP contribution in [0.3, 0.4) is 0 Å². The van der Waals surface area contributed by atoms with Gasteiger partial charge in [-0.05, 0) is 19.1 Å². The lowest BCUT2D eigenvalue weighted by Crippen LogP contribution is -2.32. The molecule has 1 saturated heterocycles. The summed E-state index contributed by atoms with van der Waals surface area (Å²) in [6, 6.07) is 7.98. The van der Waals surface area contributed by atoms with Crippen LogP contribution in [0, 0.1) is 6.92 Å². The van der Waals surface area contributed by atoms with Gasteiger partial charge in [-0.25, -0.2) is 4.98 Å². The van der Waals surface area contributed by atoms with Crippen LogP contribution in [0.25, 0.3) is 11.0 Å². The second kappa shape index (κ2) is 7.04. The van der Waals surface area contributed by atoms with E-state index < -0.39 is 0 Å².